The third kappa shape index (κ3) is 2.75. The second-order valence-electron chi connectivity index (χ2n) is 4.25. The van der Waals surface area contributed by atoms with E-state index in [0.717, 1.165) is 30.1 Å². The zero-order valence-electron chi connectivity index (χ0n) is 10.3. The first kappa shape index (κ1) is 12.3. The van der Waals surface area contributed by atoms with Gasteiger partial charge in [0.25, 0.3) is 0 Å². The summed E-state index contributed by atoms with van der Waals surface area (Å²) in [4.78, 5) is 4.23. The Morgan fingerprint density at radius 3 is 2.82 bits per heavy atom. The maximum absolute atomic E-state index is 5.89. The van der Waals surface area contributed by atoms with Crippen LogP contribution in [0, 0.1) is 6.92 Å². The molecule has 2 heterocycles. The second kappa shape index (κ2) is 5.45. The van der Waals surface area contributed by atoms with Crippen molar-refractivity contribution in [1.82, 2.24) is 19.6 Å². The van der Waals surface area contributed by atoms with Crippen molar-refractivity contribution in [2.24, 2.45) is 0 Å². The zero-order valence-corrected chi connectivity index (χ0v) is 11.0. The fourth-order valence-electron chi connectivity index (χ4n) is 1.99. The van der Waals surface area contributed by atoms with E-state index in [0.29, 0.717) is 5.15 Å². The van der Waals surface area contributed by atoms with Crippen molar-refractivity contribution in [1.29, 1.82) is 0 Å². The number of rotatable bonds is 5. The predicted molar refractivity (Wildman–Crippen MR) is 68.4 cm³/mol. The van der Waals surface area contributed by atoms with Gasteiger partial charge in [-0.05, 0) is 13.3 Å². The highest BCUT2D eigenvalue weighted by Gasteiger charge is 2.09. The molecular weight excluding hydrogens is 236 g/mol. The van der Waals surface area contributed by atoms with Crippen molar-refractivity contribution in [3.8, 4) is 0 Å². The maximum atomic E-state index is 5.89. The lowest BCUT2D eigenvalue weighted by Crippen LogP contribution is -2.01. The lowest BCUT2D eigenvalue weighted by Gasteiger charge is -2.03. The summed E-state index contributed by atoms with van der Waals surface area (Å²) in [6.07, 6.45) is 5.87. The van der Waals surface area contributed by atoms with Crippen LogP contribution >= 0.6 is 11.6 Å². The van der Waals surface area contributed by atoms with Crippen LogP contribution in [0.5, 0.6) is 0 Å². The number of hydrogen-bond acceptors (Lipinski definition) is 3. The lowest BCUT2D eigenvalue weighted by molar-refractivity contribution is 0.647. The van der Waals surface area contributed by atoms with Crippen molar-refractivity contribution >= 4 is 17.2 Å². The summed E-state index contributed by atoms with van der Waals surface area (Å²) in [6, 6.07) is 1.75. The molecule has 0 radical (unpaired) electrons. The molecule has 0 fully saturated rings. The van der Waals surface area contributed by atoms with Gasteiger partial charge in [-0.15, -0.1) is 10.2 Å². The van der Waals surface area contributed by atoms with Gasteiger partial charge in [-0.2, -0.15) is 0 Å². The van der Waals surface area contributed by atoms with E-state index in [9.17, 15) is 0 Å². The average molecular weight is 253 g/mol. The van der Waals surface area contributed by atoms with Gasteiger partial charge in [-0.3, -0.25) is 4.40 Å². The normalized spacial score (nSPS) is 11.2. The number of unbranched alkanes of at least 4 members (excludes halogenated alkanes) is 3. The summed E-state index contributed by atoms with van der Waals surface area (Å²) in [6.45, 7) is 4.14. The first-order valence-electron chi connectivity index (χ1n) is 6.09. The van der Waals surface area contributed by atoms with Crippen LogP contribution in [-0.4, -0.2) is 19.6 Å². The smallest absolute Gasteiger partial charge is 0.165 e. The summed E-state index contributed by atoms with van der Waals surface area (Å²) in [7, 11) is 0. The molecule has 0 unspecified atom stereocenters. The molecule has 0 spiro atoms. The van der Waals surface area contributed by atoms with Crippen LogP contribution in [0.2, 0.25) is 5.15 Å². The van der Waals surface area contributed by atoms with E-state index in [1.54, 1.807) is 6.07 Å². The minimum Gasteiger partial charge on any atom is -0.267 e. The molecule has 2 aromatic rings. The minimum absolute atomic E-state index is 0.472. The molecule has 0 bridgehead atoms. The first-order valence-corrected chi connectivity index (χ1v) is 6.47. The third-order valence-corrected chi connectivity index (χ3v) is 3.04. The van der Waals surface area contributed by atoms with Crippen molar-refractivity contribution in [3.05, 3.63) is 22.9 Å². The Morgan fingerprint density at radius 2 is 2.06 bits per heavy atom. The van der Waals surface area contributed by atoms with E-state index in [4.69, 9.17) is 11.6 Å². The van der Waals surface area contributed by atoms with Gasteiger partial charge in [0.15, 0.2) is 5.65 Å². The molecule has 0 saturated heterocycles. The van der Waals surface area contributed by atoms with Crippen LogP contribution in [0.3, 0.4) is 0 Å². The molecule has 0 aliphatic heterocycles. The Hall–Kier alpha value is -1.16. The van der Waals surface area contributed by atoms with E-state index in [2.05, 4.69) is 22.1 Å². The van der Waals surface area contributed by atoms with Gasteiger partial charge in [0.05, 0.1) is 0 Å². The van der Waals surface area contributed by atoms with Crippen molar-refractivity contribution in [2.45, 2.75) is 46.0 Å². The van der Waals surface area contributed by atoms with Crippen LogP contribution in [-0.2, 0) is 6.42 Å². The fraction of sp³-hybridized carbons (Fsp3) is 0.583. The van der Waals surface area contributed by atoms with Gasteiger partial charge in [0, 0.05) is 12.5 Å². The van der Waals surface area contributed by atoms with Crippen LogP contribution in [0.1, 0.15) is 44.3 Å². The molecule has 0 aliphatic carbocycles. The molecule has 0 amide bonds. The number of hydrogen-bond donors (Lipinski definition) is 0. The van der Waals surface area contributed by atoms with Crippen molar-refractivity contribution in [3.63, 3.8) is 0 Å². The number of aromatic nitrogens is 4. The van der Waals surface area contributed by atoms with E-state index in [1.807, 2.05) is 11.3 Å². The van der Waals surface area contributed by atoms with Gasteiger partial charge in [-0.25, -0.2) is 4.98 Å². The quantitative estimate of drug-likeness (QED) is 0.606. The van der Waals surface area contributed by atoms with Gasteiger partial charge in [0.2, 0.25) is 0 Å². The fourth-order valence-corrected chi connectivity index (χ4v) is 2.21. The maximum Gasteiger partial charge on any atom is 0.165 e. The number of fused-ring (bicyclic) bond motifs is 1. The molecule has 2 rings (SSSR count). The van der Waals surface area contributed by atoms with Crippen LogP contribution in [0.4, 0.5) is 0 Å². The zero-order chi connectivity index (χ0) is 12.3. The van der Waals surface area contributed by atoms with Crippen LogP contribution in [0.15, 0.2) is 6.07 Å². The second-order valence-corrected chi connectivity index (χ2v) is 4.63. The molecule has 5 heteroatoms. The van der Waals surface area contributed by atoms with Gasteiger partial charge < -0.3 is 0 Å². The number of halogens is 1. The van der Waals surface area contributed by atoms with Gasteiger partial charge in [0.1, 0.15) is 16.8 Å². The Morgan fingerprint density at radius 1 is 1.24 bits per heavy atom. The van der Waals surface area contributed by atoms with Crippen molar-refractivity contribution in [2.75, 3.05) is 0 Å². The topological polar surface area (TPSA) is 43.1 Å². The van der Waals surface area contributed by atoms with Crippen molar-refractivity contribution < 1.29 is 0 Å². The number of aryl methyl sites for hydroxylation is 2. The molecule has 92 valence electrons. The highest BCUT2D eigenvalue weighted by atomic mass is 35.5. The summed E-state index contributed by atoms with van der Waals surface area (Å²) in [5.41, 5.74) is 0.785. The molecule has 2 aromatic heterocycles. The molecule has 17 heavy (non-hydrogen) atoms. The number of nitrogens with zero attached hydrogens (tertiary/aromatic N) is 4. The summed E-state index contributed by atoms with van der Waals surface area (Å²) >= 11 is 5.89. The Bertz CT molecular complexity index is 506. The predicted octanol–water partition coefficient (Wildman–Crippen LogP) is 3.21. The largest absolute Gasteiger partial charge is 0.267 e. The molecule has 0 saturated carbocycles. The third-order valence-electron chi connectivity index (χ3n) is 2.85. The van der Waals surface area contributed by atoms with Crippen LogP contribution < -0.4 is 0 Å². The first-order chi connectivity index (χ1) is 8.22. The van der Waals surface area contributed by atoms with Gasteiger partial charge >= 0.3 is 0 Å². The molecule has 0 N–H and O–H groups in total. The molecule has 0 aliphatic rings. The summed E-state index contributed by atoms with van der Waals surface area (Å²) in [5.74, 6) is 1.83. The summed E-state index contributed by atoms with van der Waals surface area (Å²) in [5, 5.41) is 8.81. The molecule has 0 aromatic carbocycles. The lowest BCUT2D eigenvalue weighted by atomic mass is 10.1. The standard InChI is InChI=1S/C12H17ClN4/c1-3-4-5-6-7-11-15-16-12-8-10(13)14-9(2)17(11)12/h8H,3-7H2,1-2H3. The highest BCUT2D eigenvalue weighted by molar-refractivity contribution is 6.29. The minimum atomic E-state index is 0.472. The van der Waals surface area contributed by atoms with Crippen LogP contribution in [0.25, 0.3) is 5.65 Å². The van der Waals surface area contributed by atoms with E-state index < -0.39 is 0 Å². The monoisotopic (exact) mass is 252 g/mol. The molecule has 0 atom stereocenters. The highest BCUT2D eigenvalue weighted by Crippen LogP contribution is 2.14. The SMILES string of the molecule is CCCCCCc1nnc2cc(Cl)nc(C)n12. The van der Waals surface area contributed by atoms with E-state index in [-0.39, 0.29) is 0 Å². The Labute approximate surface area is 106 Å². The van der Waals surface area contributed by atoms with Gasteiger partial charge in [-0.1, -0.05) is 37.8 Å². The molecule has 4 nitrogen and oxygen atoms in total. The van der Waals surface area contributed by atoms with E-state index >= 15 is 0 Å². The Kier molecular flexibility index (Phi) is 3.94. The molecular formula is C12H17ClN4. The Balaban J connectivity index is 2.18. The average Bonchev–Trinajstić information content (AvgIpc) is 2.68. The van der Waals surface area contributed by atoms with E-state index in [1.165, 1.54) is 19.3 Å². The summed E-state index contributed by atoms with van der Waals surface area (Å²) < 4.78 is 1.98.